The van der Waals surface area contributed by atoms with Gasteiger partial charge in [-0.05, 0) is 19.8 Å². The molecule has 0 aliphatic carbocycles. The fraction of sp³-hybridized carbons (Fsp3) is 0.714. The van der Waals surface area contributed by atoms with Gasteiger partial charge in [0.15, 0.2) is 0 Å². The number of carboxylic acids is 1. The third kappa shape index (κ3) is 3.80. The van der Waals surface area contributed by atoms with E-state index in [2.05, 4.69) is 0 Å². The molecule has 1 amide bonds. The third-order valence-electron chi connectivity index (χ3n) is 3.34. The lowest BCUT2D eigenvalue weighted by Gasteiger charge is -2.30. The van der Waals surface area contributed by atoms with Gasteiger partial charge in [-0.3, -0.25) is 9.59 Å². The maximum Gasteiger partial charge on any atom is 0.311 e. The zero-order valence-corrected chi connectivity index (χ0v) is 11.9. The van der Waals surface area contributed by atoms with E-state index in [0.29, 0.717) is 18.7 Å². The Morgan fingerprint density at radius 2 is 2.05 bits per heavy atom. The molecule has 5 heteroatoms. The summed E-state index contributed by atoms with van der Waals surface area (Å²) in [5.41, 5.74) is 0.673. The van der Waals surface area contributed by atoms with Gasteiger partial charge in [-0.1, -0.05) is 19.9 Å². The molecule has 0 spiro atoms. The minimum absolute atomic E-state index is 0.0783. The summed E-state index contributed by atoms with van der Waals surface area (Å²) in [5, 5.41) is 9.19. The van der Waals surface area contributed by atoms with Crippen LogP contribution >= 0.6 is 0 Å². The number of carbonyl (C=O) groups excluding carboxylic acids is 1. The topological polar surface area (TPSA) is 66.8 Å². The van der Waals surface area contributed by atoms with Crippen LogP contribution in [0.2, 0.25) is 0 Å². The molecule has 19 heavy (non-hydrogen) atoms. The standard InChI is InChI=1S/C14H23NO4/c1-4-6-10(3)13(16)15(7-5-2)12-9-19-8-11(12)14(17)18/h6,11-12H,4-5,7-9H2,1-3H3,(H,17,18). The van der Waals surface area contributed by atoms with Crippen LogP contribution in [0.25, 0.3) is 0 Å². The van der Waals surface area contributed by atoms with E-state index in [0.717, 1.165) is 12.8 Å². The summed E-state index contributed by atoms with van der Waals surface area (Å²) in [7, 11) is 0. The van der Waals surface area contributed by atoms with Crippen molar-refractivity contribution in [3.05, 3.63) is 11.6 Å². The summed E-state index contributed by atoms with van der Waals surface area (Å²) in [6, 6.07) is -0.356. The van der Waals surface area contributed by atoms with Gasteiger partial charge in [0.2, 0.25) is 5.91 Å². The molecule has 5 nitrogen and oxygen atoms in total. The van der Waals surface area contributed by atoms with Gasteiger partial charge in [0.25, 0.3) is 0 Å². The maximum atomic E-state index is 12.4. The highest BCUT2D eigenvalue weighted by molar-refractivity contribution is 5.93. The number of hydrogen-bond donors (Lipinski definition) is 1. The number of nitrogens with zero attached hydrogens (tertiary/aromatic N) is 1. The molecule has 1 saturated heterocycles. The Kier molecular flexibility index (Phi) is 6.02. The Hall–Kier alpha value is -1.36. The van der Waals surface area contributed by atoms with Crippen LogP contribution in [0, 0.1) is 5.92 Å². The van der Waals surface area contributed by atoms with Crippen LogP contribution in [-0.2, 0) is 14.3 Å². The number of carbonyl (C=O) groups is 2. The van der Waals surface area contributed by atoms with Crippen molar-refractivity contribution < 1.29 is 19.4 Å². The van der Waals surface area contributed by atoms with E-state index in [-0.39, 0.29) is 18.6 Å². The molecule has 1 aliphatic rings. The quantitative estimate of drug-likeness (QED) is 0.745. The number of hydrogen-bond acceptors (Lipinski definition) is 3. The normalized spacial score (nSPS) is 23.4. The van der Waals surface area contributed by atoms with E-state index in [1.807, 2.05) is 19.9 Å². The Morgan fingerprint density at radius 1 is 1.37 bits per heavy atom. The van der Waals surface area contributed by atoms with E-state index in [1.54, 1.807) is 11.8 Å². The van der Waals surface area contributed by atoms with Crippen LogP contribution in [0.3, 0.4) is 0 Å². The first kappa shape index (κ1) is 15.7. The number of allylic oxidation sites excluding steroid dienone is 1. The van der Waals surface area contributed by atoms with Gasteiger partial charge >= 0.3 is 5.97 Å². The molecule has 0 aromatic heterocycles. The molecule has 0 radical (unpaired) electrons. The van der Waals surface area contributed by atoms with Gasteiger partial charge in [-0.2, -0.15) is 0 Å². The molecule has 1 aliphatic heterocycles. The first-order valence-corrected chi connectivity index (χ1v) is 6.81. The molecule has 108 valence electrons. The third-order valence-corrected chi connectivity index (χ3v) is 3.34. The Balaban J connectivity index is 2.90. The van der Waals surface area contributed by atoms with Crippen molar-refractivity contribution >= 4 is 11.9 Å². The van der Waals surface area contributed by atoms with Crippen molar-refractivity contribution in [3.8, 4) is 0 Å². The first-order chi connectivity index (χ1) is 9.02. The summed E-state index contributed by atoms with van der Waals surface area (Å²) in [6.45, 7) is 6.78. The van der Waals surface area contributed by atoms with E-state index >= 15 is 0 Å². The Bertz CT molecular complexity index is 364. The zero-order chi connectivity index (χ0) is 14.4. The molecule has 1 rings (SSSR count). The fourth-order valence-corrected chi connectivity index (χ4v) is 2.36. The van der Waals surface area contributed by atoms with Crippen molar-refractivity contribution in [2.24, 2.45) is 5.92 Å². The van der Waals surface area contributed by atoms with Gasteiger partial charge in [-0.25, -0.2) is 0 Å². The first-order valence-electron chi connectivity index (χ1n) is 6.81. The second-order valence-electron chi connectivity index (χ2n) is 4.84. The van der Waals surface area contributed by atoms with Crippen molar-refractivity contribution in [2.75, 3.05) is 19.8 Å². The summed E-state index contributed by atoms with van der Waals surface area (Å²) in [4.78, 5) is 25.3. The lowest BCUT2D eigenvalue weighted by Crippen LogP contribution is -2.47. The van der Waals surface area contributed by atoms with E-state index in [4.69, 9.17) is 4.74 Å². The molecule has 0 aromatic carbocycles. The Morgan fingerprint density at radius 3 is 2.58 bits per heavy atom. The summed E-state index contributed by atoms with van der Waals surface area (Å²) >= 11 is 0. The van der Waals surface area contributed by atoms with Crippen LogP contribution in [0.1, 0.15) is 33.6 Å². The number of carboxylic acid groups (broad SMARTS) is 1. The SMILES string of the molecule is CCC=C(C)C(=O)N(CCC)C1COCC1C(=O)O. The van der Waals surface area contributed by atoms with E-state index in [1.165, 1.54) is 0 Å². The van der Waals surface area contributed by atoms with Gasteiger partial charge in [-0.15, -0.1) is 0 Å². The smallest absolute Gasteiger partial charge is 0.311 e. The van der Waals surface area contributed by atoms with Gasteiger partial charge in [0.1, 0.15) is 5.92 Å². The highest BCUT2D eigenvalue weighted by Crippen LogP contribution is 2.22. The second kappa shape index (κ2) is 7.28. The molecule has 0 aromatic rings. The van der Waals surface area contributed by atoms with Gasteiger partial charge in [0, 0.05) is 12.1 Å². The summed E-state index contributed by atoms with van der Waals surface area (Å²) in [5.74, 6) is -1.59. The molecule has 1 fully saturated rings. The van der Waals surface area contributed by atoms with Crippen LogP contribution in [0.4, 0.5) is 0 Å². The lowest BCUT2D eigenvalue weighted by molar-refractivity contribution is -0.144. The minimum atomic E-state index is -0.895. The second-order valence-corrected chi connectivity index (χ2v) is 4.84. The van der Waals surface area contributed by atoms with E-state index in [9.17, 15) is 14.7 Å². The van der Waals surface area contributed by atoms with Crippen LogP contribution in [-0.4, -0.2) is 47.7 Å². The number of aliphatic carboxylic acids is 1. The van der Waals surface area contributed by atoms with Crippen molar-refractivity contribution in [1.29, 1.82) is 0 Å². The monoisotopic (exact) mass is 269 g/mol. The van der Waals surface area contributed by atoms with E-state index < -0.39 is 11.9 Å². The van der Waals surface area contributed by atoms with Crippen molar-refractivity contribution in [1.82, 2.24) is 4.90 Å². The number of amides is 1. The van der Waals surface area contributed by atoms with Crippen LogP contribution in [0.15, 0.2) is 11.6 Å². The average molecular weight is 269 g/mol. The summed E-state index contributed by atoms with van der Waals surface area (Å²) < 4.78 is 5.25. The average Bonchev–Trinajstić information content (AvgIpc) is 2.84. The summed E-state index contributed by atoms with van der Waals surface area (Å²) in [6.07, 6.45) is 3.46. The largest absolute Gasteiger partial charge is 0.481 e. The maximum absolute atomic E-state index is 12.4. The Labute approximate surface area is 114 Å². The van der Waals surface area contributed by atoms with Crippen LogP contribution < -0.4 is 0 Å². The number of ether oxygens (including phenoxy) is 1. The molecular weight excluding hydrogens is 246 g/mol. The van der Waals surface area contributed by atoms with Crippen molar-refractivity contribution in [2.45, 2.75) is 39.7 Å². The predicted molar refractivity (Wildman–Crippen MR) is 71.8 cm³/mol. The molecular formula is C14H23NO4. The molecule has 0 saturated carbocycles. The molecule has 2 atom stereocenters. The highest BCUT2D eigenvalue weighted by atomic mass is 16.5. The molecule has 2 unspecified atom stereocenters. The fourth-order valence-electron chi connectivity index (χ4n) is 2.36. The molecule has 1 heterocycles. The number of rotatable bonds is 6. The van der Waals surface area contributed by atoms with Gasteiger partial charge < -0.3 is 14.7 Å². The highest BCUT2D eigenvalue weighted by Gasteiger charge is 2.39. The van der Waals surface area contributed by atoms with Gasteiger partial charge in [0.05, 0.1) is 19.3 Å². The minimum Gasteiger partial charge on any atom is -0.481 e. The zero-order valence-electron chi connectivity index (χ0n) is 11.9. The van der Waals surface area contributed by atoms with Crippen molar-refractivity contribution in [3.63, 3.8) is 0 Å². The van der Waals surface area contributed by atoms with Crippen LogP contribution in [0.5, 0.6) is 0 Å². The lowest BCUT2D eigenvalue weighted by atomic mass is 10.0. The molecule has 0 bridgehead atoms. The molecule has 1 N–H and O–H groups in total. The predicted octanol–water partition coefficient (Wildman–Crippen LogP) is 1.68.